The van der Waals surface area contributed by atoms with Crippen LogP contribution in [0.1, 0.15) is 80.5 Å². The van der Waals surface area contributed by atoms with Crippen molar-refractivity contribution in [1.29, 1.82) is 0 Å². The van der Waals surface area contributed by atoms with Gasteiger partial charge in [0, 0.05) is 18.3 Å². The highest BCUT2D eigenvalue weighted by Crippen LogP contribution is 2.22. The van der Waals surface area contributed by atoms with Gasteiger partial charge in [0.1, 0.15) is 16.7 Å². The van der Waals surface area contributed by atoms with Crippen molar-refractivity contribution in [2.45, 2.75) is 79.9 Å². The number of rotatable bonds is 6. The molecule has 0 aliphatic heterocycles. The van der Waals surface area contributed by atoms with E-state index in [0.29, 0.717) is 21.4 Å². The van der Waals surface area contributed by atoms with Gasteiger partial charge in [-0.3, -0.25) is 4.98 Å². The number of hydrogen-bond donors (Lipinski definition) is 2. The minimum absolute atomic E-state index is 0. The first kappa shape index (κ1) is 36.5. The number of alkyl halides is 2. The Kier molecular flexibility index (Phi) is 12.8. The number of ether oxygens (including phenoxy) is 2. The van der Waals surface area contributed by atoms with Crippen LogP contribution in [0.25, 0.3) is 22.2 Å². The predicted octanol–water partition coefficient (Wildman–Crippen LogP) is 6.03. The largest absolute Gasteiger partial charge is 0.619 e. The number of nitrogens with zero attached hydrogens (tertiary/aromatic N) is 4. The third-order valence-corrected chi connectivity index (χ3v) is 4.71. The van der Waals surface area contributed by atoms with E-state index >= 15 is 0 Å². The number of carbonyl (C=O) groups excluding carboxylic acids is 2. The first-order chi connectivity index (χ1) is 19.1. The Balaban J connectivity index is 0.000000411. The minimum atomic E-state index is -1.63. The number of hydrogen-bond acceptors (Lipinski definition) is 10. The normalized spacial score (nSPS) is 12.6. The van der Waals surface area contributed by atoms with Crippen molar-refractivity contribution in [3.63, 3.8) is 0 Å². The van der Waals surface area contributed by atoms with Crippen LogP contribution in [0.5, 0.6) is 0 Å². The third kappa shape index (κ3) is 11.7. The summed E-state index contributed by atoms with van der Waals surface area (Å²) in [6.07, 6.45) is 0.830. The van der Waals surface area contributed by atoms with Crippen LogP contribution >= 0.6 is 0 Å². The topological polar surface area (TPSA) is 169 Å². The fourth-order valence-electron chi connectivity index (χ4n) is 3.09. The number of oxazole rings is 2. The fourth-order valence-corrected chi connectivity index (χ4v) is 3.09. The smallest absolute Gasteiger partial charge is 0.407 e. The molecule has 0 saturated heterocycles. The third-order valence-electron chi connectivity index (χ3n) is 4.71. The van der Waals surface area contributed by atoms with Crippen LogP contribution in [0.3, 0.4) is 0 Å². The average Bonchev–Trinajstić information content (AvgIpc) is 3.48. The highest BCUT2D eigenvalue weighted by Gasteiger charge is 2.23. The first-order valence-electron chi connectivity index (χ1n) is 12.5. The second-order valence-electron chi connectivity index (χ2n) is 10.7. The number of fused-ring (bicyclic) bond motifs is 2. The molecule has 2 amide bonds. The van der Waals surface area contributed by atoms with Gasteiger partial charge < -0.3 is 34.1 Å². The van der Waals surface area contributed by atoms with Gasteiger partial charge in [-0.2, -0.15) is 4.73 Å². The number of nitrogens with one attached hydrogen (secondary N) is 2. The maximum Gasteiger partial charge on any atom is 0.407 e. The van der Waals surface area contributed by atoms with Crippen molar-refractivity contribution >= 4 is 34.4 Å². The molecule has 0 bridgehead atoms. The molecule has 0 aliphatic rings. The quantitative estimate of drug-likeness (QED) is 0.194. The molecule has 0 aromatic carbocycles. The SMILES string of the molecule is C.C.CC(C)(C)OC(=O)NCC(F)c1nc2c[n+]([O-])ccc2o1.CC(C)(C)OC(=O)NCC(F)c1nc2cnccc2o1. The molecule has 0 radical (unpaired) electrons. The molecule has 0 aliphatic carbocycles. The lowest BCUT2D eigenvalue weighted by Crippen LogP contribution is -2.34. The Hall–Kier alpha value is -4.56. The van der Waals surface area contributed by atoms with E-state index in [-0.39, 0.29) is 45.2 Å². The van der Waals surface area contributed by atoms with Crippen LogP contribution in [0, 0.1) is 5.21 Å². The number of halogens is 2. The summed E-state index contributed by atoms with van der Waals surface area (Å²) in [6.45, 7) is 9.71. The van der Waals surface area contributed by atoms with E-state index in [1.165, 1.54) is 30.9 Å². The van der Waals surface area contributed by atoms with Crippen molar-refractivity contribution in [3.8, 4) is 0 Å². The van der Waals surface area contributed by atoms with Gasteiger partial charge in [0.2, 0.25) is 18.0 Å². The van der Waals surface area contributed by atoms with Crippen molar-refractivity contribution in [2.24, 2.45) is 0 Å². The molecule has 43 heavy (non-hydrogen) atoms. The fraction of sp³-hybridized carbons (Fsp3) is 0.500. The zero-order chi connectivity index (χ0) is 30.4. The summed E-state index contributed by atoms with van der Waals surface area (Å²) < 4.78 is 48.8. The van der Waals surface area contributed by atoms with Crippen LogP contribution in [-0.2, 0) is 9.47 Å². The van der Waals surface area contributed by atoms with E-state index in [0.717, 1.165) is 0 Å². The molecule has 0 spiro atoms. The van der Waals surface area contributed by atoms with Gasteiger partial charge in [-0.25, -0.2) is 28.3 Å². The molecule has 4 rings (SSSR count). The van der Waals surface area contributed by atoms with E-state index in [1.807, 2.05) is 0 Å². The minimum Gasteiger partial charge on any atom is -0.619 e. The van der Waals surface area contributed by atoms with E-state index in [9.17, 15) is 23.6 Å². The zero-order valence-electron chi connectivity index (χ0n) is 23.4. The molecule has 0 fully saturated rings. The number of amides is 2. The van der Waals surface area contributed by atoms with E-state index in [1.54, 1.807) is 47.6 Å². The Morgan fingerprint density at radius 3 is 1.81 bits per heavy atom. The van der Waals surface area contributed by atoms with Crippen LogP contribution in [0.4, 0.5) is 18.4 Å². The summed E-state index contributed by atoms with van der Waals surface area (Å²) >= 11 is 0. The Morgan fingerprint density at radius 1 is 0.884 bits per heavy atom. The van der Waals surface area contributed by atoms with E-state index in [4.69, 9.17) is 18.3 Å². The average molecular weight is 611 g/mol. The number of pyridine rings is 2. The van der Waals surface area contributed by atoms with Gasteiger partial charge in [0.15, 0.2) is 35.2 Å². The van der Waals surface area contributed by atoms with Crippen molar-refractivity contribution in [2.75, 3.05) is 13.1 Å². The molecule has 2 atom stereocenters. The van der Waals surface area contributed by atoms with Crippen molar-refractivity contribution in [1.82, 2.24) is 25.6 Å². The number of aromatic nitrogens is 4. The molecule has 13 nitrogen and oxygen atoms in total. The molecule has 4 aromatic heterocycles. The van der Waals surface area contributed by atoms with Crippen LogP contribution in [-0.4, -0.2) is 51.4 Å². The molecule has 4 heterocycles. The summed E-state index contributed by atoms with van der Waals surface area (Å²) in [6, 6.07) is 2.99. The number of alkyl carbamates (subject to hydrolysis) is 2. The lowest BCUT2D eigenvalue weighted by atomic mass is 10.2. The molecular weight excluding hydrogens is 570 g/mol. The van der Waals surface area contributed by atoms with Crippen LogP contribution < -0.4 is 15.4 Å². The highest BCUT2D eigenvalue weighted by atomic mass is 19.1. The molecule has 238 valence electrons. The second-order valence-corrected chi connectivity index (χ2v) is 10.7. The summed E-state index contributed by atoms with van der Waals surface area (Å²) in [7, 11) is 0. The van der Waals surface area contributed by atoms with E-state index in [2.05, 4.69) is 25.6 Å². The second kappa shape index (κ2) is 15.1. The van der Waals surface area contributed by atoms with Gasteiger partial charge in [-0.1, -0.05) is 14.9 Å². The lowest BCUT2D eigenvalue weighted by molar-refractivity contribution is -0.604. The first-order valence-corrected chi connectivity index (χ1v) is 12.5. The van der Waals surface area contributed by atoms with Gasteiger partial charge in [-0.15, -0.1) is 0 Å². The standard InChI is InChI=1S/C13H16FN3O4.C13H16FN3O3.2CH4/c1-13(2,3)21-12(18)15-6-8(14)11-16-9-7-17(19)5-4-10(9)20-11;1-13(2,3)20-12(18)16-6-8(14)11-17-9-7-15-5-4-10(9)19-11;;/h4-5,7-8H,6H2,1-3H3,(H,15,18);4-5,7-8H,6H2,1-3H3,(H,16,18);2*1H4. The molecule has 4 aromatic rings. The van der Waals surface area contributed by atoms with Gasteiger partial charge in [0.05, 0.1) is 19.3 Å². The predicted molar refractivity (Wildman–Crippen MR) is 154 cm³/mol. The van der Waals surface area contributed by atoms with Crippen LogP contribution in [0.15, 0.2) is 45.8 Å². The van der Waals surface area contributed by atoms with E-state index < -0.39 is 35.7 Å². The Labute approximate surface area is 248 Å². The Morgan fingerprint density at radius 2 is 1.35 bits per heavy atom. The molecule has 0 saturated carbocycles. The monoisotopic (exact) mass is 610 g/mol. The van der Waals surface area contributed by atoms with Gasteiger partial charge >= 0.3 is 12.2 Å². The molecule has 2 unspecified atom stereocenters. The Bertz CT molecular complexity index is 1450. The summed E-state index contributed by atoms with van der Waals surface area (Å²) in [5.74, 6) is -0.295. The summed E-state index contributed by atoms with van der Waals surface area (Å²) in [4.78, 5) is 34.5. The summed E-state index contributed by atoms with van der Waals surface area (Å²) in [5.41, 5.74) is 0.200. The van der Waals surface area contributed by atoms with Crippen molar-refractivity contribution < 1.29 is 41.4 Å². The van der Waals surface area contributed by atoms with Crippen LogP contribution in [0.2, 0.25) is 0 Å². The lowest BCUT2D eigenvalue weighted by Gasteiger charge is -2.19. The molecule has 15 heteroatoms. The highest BCUT2D eigenvalue weighted by molar-refractivity contribution is 5.71. The summed E-state index contributed by atoms with van der Waals surface area (Å²) in [5, 5.41) is 15.7. The maximum absolute atomic E-state index is 14.0. The van der Waals surface area contributed by atoms with Crippen molar-refractivity contribution in [3.05, 3.63) is 53.9 Å². The number of carbonyl (C=O) groups is 2. The maximum atomic E-state index is 14.0. The van der Waals surface area contributed by atoms with Gasteiger partial charge in [-0.05, 0) is 41.5 Å². The van der Waals surface area contributed by atoms with Gasteiger partial charge in [0.25, 0.3) is 0 Å². The molecule has 2 N–H and O–H groups in total. The zero-order valence-corrected chi connectivity index (χ0v) is 23.4. The molecular formula is C28H40F2N6O7.